The van der Waals surface area contributed by atoms with Gasteiger partial charge in [-0.15, -0.1) is 0 Å². The second kappa shape index (κ2) is 8.32. The van der Waals surface area contributed by atoms with Crippen LogP contribution in [0.3, 0.4) is 0 Å². The molecule has 0 aliphatic carbocycles. The molecule has 0 spiro atoms. The molecule has 0 amide bonds. The van der Waals surface area contributed by atoms with Gasteiger partial charge in [0.25, 0.3) is 0 Å². The Kier molecular flexibility index (Phi) is 5.67. The van der Waals surface area contributed by atoms with Crippen LogP contribution in [0.4, 0.5) is 5.69 Å². The van der Waals surface area contributed by atoms with Crippen molar-refractivity contribution in [1.29, 1.82) is 0 Å². The number of ether oxygens (including phenoxy) is 1. The lowest BCUT2D eigenvalue weighted by Gasteiger charge is -2.07. The van der Waals surface area contributed by atoms with Crippen LogP contribution in [0.1, 0.15) is 32.6 Å². The zero-order chi connectivity index (χ0) is 19.2. The van der Waals surface area contributed by atoms with Crippen molar-refractivity contribution < 1.29 is 14.6 Å². The molecule has 0 fully saturated rings. The molecule has 3 aromatic carbocycles. The maximum atomic E-state index is 10.9. The van der Waals surface area contributed by atoms with E-state index in [4.69, 9.17) is 9.84 Å². The van der Waals surface area contributed by atoms with Gasteiger partial charge >= 0.3 is 5.97 Å². The minimum absolute atomic E-state index is 0.270. The number of carbonyl (C=O) groups is 1. The van der Waals surface area contributed by atoms with Crippen LogP contribution in [-0.2, 0) is 6.61 Å². The Morgan fingerprint density at radius 1 is 1.00 bits per heavy atom. The Balaban J connectivity index is 1.60. The Labute approximate surface area is 158 Å². The molecule has 0 radical (unpaired) electrons. The first kappa shape index (κ1) is 18.4. The van der Waals surface area contributed by atoms with Gasteiger partial charge in [-0.2, -0.15) is 0 Å². The number of carboxylic acid groups (broad SMARTS) is 1. The summed E-state index contributed by atoms with van der Waals surface area (Å²) in [6.45, 7) is 4.49. The molecule has 0 bridgehead atoms. The molecule has 0 aliphatic rings. The van der Waals surface area contributed by atoms with E-state index < -0.39 is 5.97 Å². The first-order valence-electron chi connectivity index (χ1n) is 8.68. The quantitative estimate of drug-likeness (QED) is 0.605. The van der Waals surface area contributed by atoms with Crippen molar-refractivity contribution in [2.45, 2.75) is 20.5 Å². The minimum Gasteiger partial charge on any atom is -0.489 e. The molecule has 136 valence electrons. The maximum absolute atomic E-state index is 10.9. The number of hydrogen-bond acceptors (Lipinski definition) is 3. The molecule has 0 heterocycles. The third-order valence-electron chi connectivity index (χ3n) is 4.20. The van der Waals surface area contributed by atoms with E-state index in [0.717, 1.165) is 28.1 Å². The van der Waals surface area contributed by atoms with Gasteiger partial charge in [0, 0.05) is 6.21 Å². The average molecular weight is 359 g/mol. The van der Waals surface area contributed by atoms with Gasteiger partial charge in [0.15, 0.2) is 0 Å². The summed E-state index contributed by atoms with van der Waals surface area (Å²) < 4.78 is 5.75. The lowest BCUT2D eigenvalue weighted by molar-refractivity contribution is 0.0697. The van der Waals surface area contributed by atoms with Crippen LogP contribution < -0.4 is 4.74 Å². The van der Waals surface area contributed by atoms with E-state index >= 15 is 0 Å². The lowest BCUT2D eigenvalue weighted by Crippen LogP contribution is -1.99. The van der Waals surface area contributed by atoms with Crippen molar-refractivity contribution in [1.82, 2.24) is 0 Å². The van der Waals surface area contributed by atoms with Crippen LogP contribution in [0.15, 0.2) is 71.7 Å². The molecule has 3 aromatic rings. The predicted octanol–water partition coefficient (Wildman–Crippen LogP) is 5.33. The first-order chi connectivity index (χ1) is 13.0. The van der Waals surface area contributed by atoms with Gasteiger partial charge in [-0.3, -0.25) is 4.99 Å². The van der Waals surface area contributed by atoms with E-state index in [0.29, 0.717) is 6.61 Å². The van der Waals surface area contributed by atoms with Crippen molar-refractivity contribution in [3.05, 3.63) is 94.5 Å². The molecule has 3 rings (SSSR count). The summed E-state index contributed by atoms with van der Waals surface area (Å²) in [6.07, 6.45) is 1.84. The maximum Gasteiger partial charge on any atom is 0.335 e. The van der Waals surface area contributed by atoms with Crippen molar-refractivity contribution in [3.63, 3.8) is 0 Å². The molecule has 0 atom stereocenters. The molecule has 27 heavy (non-hydrogen) atoms. The summed E-state index contributed by atoms with van der Waals surface area (Å²) in [6, 6.07) is 20.6. The number of hydrogen-bond donors (Lipinski definition) is 1. The molecular weight excluding hydrogens is 338 g/mol. The number of aromatic carboxylic acids is 1. The third kappa shape index (κ3) is 5.05. The number of benzene rings is 3. The molecule has 0 unspecified atom stereocenters. The summed E-state index contributed by atoms with van der Waals surface area (Å²) in [5.74, 6) is -0.179. The van der Waals surface area contributed by atoms with Crippen molar-refractivity contribution >= 4 is 17.9 Å². The highest BCUT2D eigenvalue weighted by Gasteiger charge is 2.02. The molecule has 1 N–H and O–H groups in total. The van der Waals surface area contributed by atoms with Gasteiger partial charge in [0.2, 0.25) is 0 Å². The van der Waals surface area contributed by atoms with Gasteiger partial charge in [0.1, 0.15) is 12.4 Å². The van der Waals surface area contributed by atoms with E-state index in [1.807, 2.05) is 37.4 Å². The van der Waals surface area contributed by atoms with Gasteiger partial charge in [-0.05, 0) is 78.6 Å². The largest absolute Gasteiger partial charge is 0.489 e. The van der Waals surface area contributed by atoms with E-state index in [9.17, 15) is 4.79 Å². The molecule has 4 heteroatoms. The summed E-state index contributed by atoms with van der Waals surface area (Å²) in [7, 11) is 0. The number of rotatable bonds is 6. The van der Waals surface area contributed by atoms with Gasteiger partial charge in [0.05, 0.1) is 11.3 Å². The van der Waals surface area contributed by atoms with Crippen LogP contribution in [0, 0.1) is 13.8 Å². The van der Waals surface area contributed by atoms with Crippen LogP contribution in [-0.4, -0.2) is 17.3 Å². The highest BCUT2D eigenvalue weighted by molar-refractivity contribution is 5.87. The Morgan fingerprint density at radius 3 is 2.37 bits per heavy atom. The number of carboxylic acids is 1. The van der Waals surface area contributed by atoms with Crippen molar-refractivity contribution in [2.75, 3.05) is 0 Å². The van der Waals surface area contributed by atoms with E-state index in [1.54, 1.807) is 24.3 Å². The average Bonchev–Trinajstić information content (AvgIpc) is 2.68. The standard InChI is InChI=1S/C23H21NO3/c1-16-3-4-17(2)22(13-16)24-14-18-7-11-21(12-8-18)27-15-19-5-9-20(10-6-19)23(25)26/h3-14H,15H2,1-2H3,(H,25,26). The Morgan fingerprint density at radius 2 is 1.70 bits per heavy atom. The molecule has 0 aliphatic heterocycles. The normalized spacial score (nSPS) is 10.9. The fraction of sp³-hybridized carbons (Fsp3) is 0.130. The second-order valence-corrected chi connectivity index (χ2v) is 6.41. The van der Waals surface area contributed by atoms with E-state index in [1.165, 1.54) is 5.56 Å². The Bertz CT molecular complexity index is 958. The Hall–Kier alpha value is -3.40. The predicted molar refractivity (Wildman–Crippen MR) is 107 cm³/mol. The summed E-state index contributed by atoms with van der Waals surface area (Å²) in [5, 5.41) is 8.91. The number of nitrogens with zero attached hydrogens (tertiary/aromatic N) is 1. The van der Waals surface area contributed by atoms with Gasteiger partial charge in [-0.25, -0.2) is 4.79 Å². The number of aryl methyl sites for hydroxylation is 2. The minimum atomic E-state index is -0.930. The fourth-order valence-corrected chi connectivity index (χ4v) is 2.56. The smallest absolute Gasteiger partial charge is 0.335 e. The van der Waals surface area contributed by atoms with Crippen LogP contribution in [0.25, 0.3) is 0 Å². The lowest BCUT2D eigenvalue weighted by atomic mass is 10.1. The SMILES string of the molecule is Cc1ccc(C)c(N=Cc2ccc(OCc3ccc(C(=O)O)cc3)cc2)c1. The molecule has 0 saturated heterocycles. The van der Waals surface area contributed by atoms with Gasteiger partial charge in [-0.1, -0.05) is 24.3 Å². The van der Waals surface area contributed by atoms with Crippen LogP contribution in [0.5, 0.6) is 5.75 Å². The second-order valence-electron chi connectivity index (χ2n) is 6.41. The fourth-order valence-electron chi connectivity index (χ4n) is 2.56. The third-order valence-corrected chi connectivity index (χ3v) is 4.20. The molecule has 0 aromatic heterocycles. The van der Waals surface area contributed by atoms with Crippen LogP contribution >= 0.6 is 0 Å². The van der Waals surface area contributed by atoms with Crippen LogP contribution in [0.2, 0.25) is 0 Å². The zero-order valence-corrected chi connectivity index (χ0v) is 15.3. The molecular formula is C23H21NO3. The van der Waals surface area contributed by atoms with Gasteiger partial charge < -0.3 is 9.84 Å². The van der Waals surface area contributed by atoms with E-state index in [-0.39, 0.29) is 5.56 Å². The first-order valence-corrected chi connectivity index (χ1v) is 8.68. The van der Waals surface area contributed by atoms with Crippen molar-refractivity contribution in [3.8, 4) is 5.75 Å². The monoisotopic (exact) mass is 359 g/mol. The topological polar surface area (TPSA) is 58.9 Å². The van der Waals surface area contributed by atoms with Crippen molar-refractivity contribution in [2.24, 2.45) is 4.99 Å². The van der Waals surface area contributed by atoms with E-state index in [2.05, 4.69) is 30.1 Å². The number of aliphatic imine (C=N–C) groups is 1. The molecule has 4 nitrogen and oxygen atoms in total. The molecule has 0 saturated carbocycles. The highest BCUT2D eigenvalue weighted by Crippen LogP contribution is 2.20. The zero-order valence-electron chi connectivity index (χ0n) is 15.3. The summed E-state index contributed by atoms with van der Waals surface area (Å²) >= 11 is 0. The summed E-state index contributed by atoms with van der Waals surface area (Å²) in [4.78, 5) is 15.4. The summed E-state index contributed by atoms with van der Waals surface area (Å²) in [5.41, 5.74) is 5.49. The highest BCUT2D eigenvalue weighted by atomic mass is 16.5.